The van der Waals surface area contributed by atoms with Gasteiger partial charge < -0.3 is 4.52 Å². The molecule has 13 heavy (non-hydrogen) atoms. The van der Waals surface area contributed by atoms with Gasteiger partial charge in [-0.2, -0.15) is 0 Å². The second-order valence-corrected chi connectivity index (χ2v) is 12.2. The highest BCUT2D eigenvalue weighted by Gasteiger charge is 2.15. The van der Waals surface area contributed by atoms with Crippen molar-refractivity contribution in [1.82, 2.24) is 0 Å². The quantitative estimate of drug-likeness (QED) is 0.743. The number of hydrogen-bond acceptors (Lipinski definition) is 2. The molecule has 0 aromatic heterocycles. The molecule has 0 spiro atoms. The summed E-state index contributed by atoms with van der Waals surface area (Å²) >= 11 is 5.85. The van der Waals surface area contributed by atoms with Crippen molar-refractivity contribution >= 4 is 35.8 Å². The SMILES string of the molecule is Cc1cccc(OP(=O)(Br)Br)c1C. The van der Waals surface area contributed by atoms with Crippen LogP contribution in [0.25, 0.3) is 0 Å². The van der Waals surface area contributed by atoms with Crippen molar-refractivity contribution < 1.29 is 9.09 Å². The standard InChI is InChI=1S/C8H9Br2O2P/c1-6-4-3-5-8(7(6)2)12-13(9,10)11/h3-5H,1-2H3. The highest BCUT2D eigenvalue weighted by atomic mass is 79.9. The molecule has 0 fully saturated rings. The molecule has 5 heteroatoms. The molecule has 1 rings (SSSR count). The van der Waals surface area contributed by atoms with Gasteiger partial charge in [0.25, 0.3) is 0 Å². The van der Waals surface area contributed by atoms with Gasteiger partial charge in [-0.05, 0) is 31.0 Å². The average molecular weight is 328 g/mol. The van der Waals surface area contributed by atoms with Crippen molar-refractivity contribution in [2.75, 3.05) is 0 Å². The summed E-state index contributed by atoms with van der Waals surface area (Å²) < 4.78 is 13.7. The fourth-order valence-electron chi connectivity index (χ4n) is 0.938. The van der Waals surface area contributed by atoms with Crippen LogP contribution in [0.15, 0.2) is 18.2 Å². The van der Waals surface area contributed by atoms with Crippen LogP contribution in [0.2, 0.25) is 0 Å². The van der Waals surface area contributed by atoms with Crippen LogP contribution in [0, 0.1) is 13.8 Å². The Kier molecular flexibility index (Phi) is 3.61. The van der Waals surface area contributed by atoms with Gasteiger partial charge in [0, 0.05) is 31.0 Å². The summed E-state index contributed by atoms with van der Waals surface area (Å²) in [5, 5.41) is 0. The first-order chi connectivity index (χ1) is 5.90. The van der Waals surface area contributed by atoms with E-state index in [1.807, 2.05) is 26.0 Å². The summed E-state index contributed by atoms with van der Waals surface area (Å²) in [5.41, 5.74) is 2.12. The number of halogens is 2. The van der Waals surface area contributed by atoms with Crippen molar-refractivity contribution in [3.05, 3.63) is 29.3 Å². The molecule has 0 N–H and O–H groups in total. The number of aryl methyl sites for hydroxylation is 1. The lowest BCUT2D eigenvalue weighted by molar-refractivity contribution is 0.515. The van der Waals surface area contributed by atoms with Crippen molar-refractivity contribution in [2.24, 2.45) is 0 Å². The predicted octanol–water partition coefficient (Wildman–Crippen LogP) is 4.58. The zero-order chi connectivity index (χ0) is 10.1. The van der Waals surface area contributed by atoms with Crippen molar-refractivity contribution in [3.8, 4) is 5.75 Å². The Balaban J connectivity index is 3.03. The van der Waals surface area contributed by atoms with Gasteiger partial charge in [0.1, 0.15) is 5.75 Å². The van der Waals surface area contributed by atoms with Crippen molar-refractivity contribution in [1.29, 1.82) is 0 Å². The van der Waals surface area contributed by atoms with Gasteiger partial charge in [0.2, 0.25) is 0 Å². The fourth-order valence-corrected chi connectivity index (χ4v) is 2.30. The van der Waals surface area contributed by atoms with E-state index < -0.39 is 4.77 Å². The van der Waals surface area contributed by atoms with Crippen molar-refractivity contribution in [3.63, 3.8) is 0 Å². The van der Waals surface area contributed by atoms with E-state index in [2.05, 4.69) is 31.0 Å². The second-order valence-electron chi connectivity index (χ2n) is 2.70. The van der Waals surface area contributed by atoms with Gasteiger partial charge >= 0.3 is 4.77 Å². The van der Waals surface area contributed by atoms with Crippen LogP contribution in [0.5, 0.6) is 5.75 Å². The van der Waals surface area contributed by atoms with E-state index in [9.17, 15) is 4.57 Å². The molecule has 0 saturated carbocycles. The molecule has 0 unspecified atom stereocenters. The average Bonchev–Trinajstić information content (AvgIpc) is 1.96. The summed E-state index contributed by atoms with van der Waals surface area (Å²) in [6, 6.07) is 5.64. The van der Waals surface area contributed by atoms with Gasteiger partial charge in [-0.25, -0.2) is 0 Å². The second kappa shape index (κ2) is 4.16. The Morgan fingerprint density at radius 1 is 1.31 bits per heavy atom. The Labute approximate surface area is 93.6 Å². The van der Waals surface area contributed by atoms with E-state index in [1.165, 1.54) is 0 Å². The molecule has 0 aliphatic heterocycles. The van der Waals surface area contributed by atoms with Gasteiger partial charge in [-0.3, -0.25) is 4.57 Å². The summed E-state index contributed by atoms with van der Waals surface area (Å²) in [6.45, 7) is 3.91. The van der Waals surface area contributed by atoms with E-state index in [4.69, 9.17) is 4.52 Å². The topological polar surface area (TPSA) is 26.3 Å². The first-order valence-electron chi connectivity index (χ1n) is 3.65. The fraction of sp³-hybridized carbons (Fsp3) is 0.250. The molecule has 0 atom stereocenters. The lowest BCUT2D eigenvalue weighted by Gasteiger charge is -2.10. The minimum Gasteiger partial charge on any atom is -0.428 e. The molecule has 0 amide bonds. The van der Waals surface area contributed by atoms with Crippen LogP contribution in [-0.2, 0) is 4.57 Å². The number of hydrogen-bond donors (Lipinski definition) is 0. The van der Waals surface area contributed by atoms with E-state index in [-0.39, 0.29) is 0 Å². The molecular formula is C8H9Br2O2P. The summed E-state index contributed by atoms with van der Waals surface area (Å²) in [4.78, 5) is 0. The maximum atomic E-state index is 11.3. The van der Waals surface area contributed by atoms with E-state index in [1.54, 1.807) is 6.07 Å². The molecule has 0 radical (unpaired) electrons. The monoisotopic (exact) mass is 326 g/mol. The first-order valence-corrected chi connectivity index (χ1v) is 9.31. The summed E-state index contributed by atoms with van der Waals surface area (Å²) in [7, 11) is 0. The van der Waals surface area contributed by atoms with Crippen LogP contribution in [0.4, 0.5) is 0 Å². The lowest BCUT2D eigenvalue weighted by atomic mass is 10.1. The Hall–Kier alpha value is 0.210. The number of rotatable bonds is 2. The van der Waals surface area contributed by atoms with Crippen LogP contribution < -0.4 is 4.52 Å². The normalized spacial score (nSPS) is 11.4. The smallest absolute Gasteiger partial charge is 0.374 e. The lowest BCUT2D eigenvalue weighted by Crippen LogP contribution is -1.87. The maximum Gasteiger partial charge on any atom is 0.374 e. The van der Waals surface area contributed by atoms with Gasteiger partial charge in [0.05, 0.1) is 0 Å². The molecule has 2 nitrogen and oxygen atoms in total. The van der Waals surface area contributed by atoms with Crippen LogP contribution in [0.3, 0.4) is 0 Å². The first kappa shape index (κ1) is 11.3. The van der Waals surface area contributed by atoms with Gasteiger partial charge in [-0.1, -0.05) is 12.1 Å². The molecule has 1 aromatic rings. The molecule has 0 saturated heterocycles. The molecule has 0 aliphatic rings. The Bertz CT molecular complexity index is 359. The molecule has 0 heterocycles. The van der Waals surface area contributed by atoms with Crippen LogP contribution in [0.1, 0.15) is 11.1 Å². The third-order valence-electron chi connectivity index (χ3n) is 1.76. The molecule has 72 valence electrons. The zero-order valence-corrected chi connectivity index (χ0v) is 11.3. The van der Waals surface area contributed by atoms with E-state index >= 15 is 0 Å². The molecule has 0 aliphatic carbocycles. The highest BCUT2D eigenvalue weighted by molar-refractivity contribution is 9.70. The summed E-state index contributed by atoms with van der Waals surface area (Å²) in [5.74, 6) is 0.636. The van der Waals surface area contributed by atoms with Gasteiger partial charge in [0.15, 0.2) is 0 Å². The largest absolute Gasteiger partial charge is 0.428 e. The molecule has 0 bridgehead atoms. The Morgan fingerprint density at radius 3 is 2.46 bits per heavy atom. The summed E-state index contributed by atoms with van der Waals surface area (Å²) in [6.07, 6.45) is 0. The number of benzene rings is 1. The predicted molar refractivity (Wildman–Crippen MR) is 62.0 cm³/mol. The molecular weight excluding hydrogens is 319 g/mol. The van der Waals surface area contributed by atoms with E-state index in [0.717, 1.165) is 11.1 Å². The maximum absolute atomic E-state index is 11.3. The van der Waals surface area contributed by atoms with Crippen LogP contribution in [-0.4, -0.2) is 0 Å². The van der Waals surface area contributed by atoms with Crippen LogP contribution >= 0.6 is 35.8 Å². The van der Waals surface area contributed by atoms with Crippen molar-refractivity contribution in [2.45, 2.75) is 13.8 Å². The third kappa shape index (κ3) is 3.45. The van der Waals surface area contributed by atoms with Gasteiger partial charge in [-0.15, -0.1) is 0 Å². The zero-order valence-electron chi connectivity index (χ0n) is 7.25. The Morgan fingerprint density at radius 2 is 1.92 bits per heavy atom. The molecule has 1 aromatic carbocycles. The highest BCUT2D eigenvalue weighted by Crippen LogP contribution is 2.62. The minimum absolute atomic E-state index is 0.636. The minimum atomic E-state index is -2.81. The third-order valence-corrected chi connectivity index (χ3v) is 3.04. The van der Waals surface area contributed by atoms with E-state index in [0.29, 0.717) is 5.75 Å².